The fourth-order valence-corrected chi connectivity index (χ4v) is 0.847. The summed E-state index contributed by atoms with van der Waals surface area (Å²) in [5.41, 5.74) is 0.606. The molecule has 0 spiro atoms. The monoisotopic (exact) mass is 187 g/mol. The largest absolute Gasteiger partial charge is 0.394 e. The normalized spacial score (nSPS) is 11.9. The average molecular weight is 187 g/mol. The Morgan fingerprint density at radius 2 is 2.00 bits per heavy atom. The van der Waals surface area contributed by atoms with Gasteiger partial charge >= 0.3 is 0 Å². The van der Waals surface area contributed by atoms with Gasteiger partial charge in [0.1, 0.15) is 0 Å². The first-order valence-electron chi connectivity index (χ1n) is 4.35. The van der Waals surface area contributed by atoms with Gasteiger partial charge < -0.3 is 15.5 Å². The van der Waals surface area contributed by atoms with E-state index in [2.05, 4.69) is 5.32 Å². The third-order valence-corrected chi connectivity index (χ3v) is 1.64. The molecule has 13 heavy (non-hydrogen) atoms. The Kier molecular flexibility index (Phi) is 6.18. The van der Waals surface area contributed by atoms with Crippen molar-refractivity contribution in [3.8, 4) is 0 Å². The summed E-state index contributed by atoms with van der Waals surface area (Å²) in [5, 5.41) is 19.9. The molecule has 0 unspecified atom stereocenters. The number of hydrogen-bond donors (Lipinski definition) is 3. The molecule has 0 bridgehead atoms. The van der Waals surface area contributed by atoms with Gasteiger partial charge in [-0.15, -0.1) is 0 Å². The van der Waals surface area contributed by atoms with E-state index in [1.54, 1.807) is 13.0 Å². The Balaban J connectivity index is 4.05. The van der Waals surface area contributed by atoms with Gasteiger partial charge in [-0.25, -0.2) is 0 Å². The van der Waals surface area contributed by atoms with E-state index in [1.165, 1.54) is 0 Å². The van der Waals surface area contributed by atoms with Crippen LogP contribution in [-0.2, 0) is 4.79 Å². The molecule has 76 valence electrons. The third-order valence-electron chi connectivity index (χ3n) is 1.64. The summed E-state index contributed by atoms with van der Waals surface area (Å²) in [7, 11) is 0. The van der Waals surface area contributed by atoms with Crippen molar-refractivity contribution in [3.63, 3.8) is 0 Å². The second kappa shape index (κ2) is 6.62. The lowest BCUT2D eigenvalue weighted by Gasteiger charge is -2.13. The maximum absolute atomic E-state index is 11.3. The van der Waals surface area contributed by atoms with Crippen LogP contribution in [0.4, 0.5) is 0 Å². The Bertz CT molecular complexity index is 185. The minimum absolute atomic E-state index is 0.241. The SMILES string of the molecule is CCC=C(C)C(=O)NC(CO)CO. The zero-order valence-corrected chi connectivity index (χ0v) is 8.08. The molecule has 4 nitrogen and oxygen atoms in total. The van der Waals surface area contributed by atoms with Crippen LogP contribution in [0.1, 0.15) is 20.3 Å². The number of carbonyl (C=O) groups is 1. The highest BCUT2D eigenvalue weighted by molar-refractivity contribution is 5.92. The molecule has 0 aliphatic rings. The van der Waals surface area contributed by atoms with Gasteiger partial charge in [-0.1, -0.05) is 13.0 Å². The fourth-order valence-electron chi connectivity index (χ4n) is 0.847. The lowest BCUT2D eigenvalue weighted by atomic mass is 10.2. The zero-order chi connectivity index (χ0) is 10.3. The van der Waals surface area contributed by atoms with Crippen molar-refractivity contribution in [2.75, 3.05) is 13.2 Å². The molecule has 0 aromatic carbocycles. The first-order chi connectivity index (χ1) is 6.15. The van der Waals surface area contributed by atoms with Crippen molar-refractivity contribution >= 4 is 5.91 Å². The molecule has 3 N–H and O–H groups in total. The molecule has 0 saturated heterocycles. The third kappa shape index (κ3) is 4.65. The number of carbonyl (C=O) groups excluding carboxylic acids is 1. The first-order valence-corrected chi connectivity index (χ1v) is 4.35. The Labute approximate surface area is 78.3 Å². The van der Waals surface area contributed by atoms with Crippen molar-refractivity contribution < 1.29 is 15.0 Å². The number of allylic oxidation sites excluding steroid dienone is 1. The second-order valence-electron chi connectivity index (χ2n) is 2.83. The molecule has 0 fully saturated rings. The minimum atomic E-state index is -0.562. The van der Waals surface area contributed by atoms with Crippen LogP contribution in [0, 0.1) is 0 Å². The second-order valence-corrected chi connectivity index (χ2v) is 2.83. The number of nitrogens with one attached hydrogen (secondary N) is 1. The molecule has 0 aliphatic carbocycles. The lowest BCUT2D eigenvalue weighted by Crippen LogP contribution is -2.40. The number of hydrogen-bond acceptors (Lipinski definition) is 3. The smallest absolute Gasteiger partial charge is 0.246 e. The molecule has 0 heterocycles. The average Bonchev–Trinajstić information content (AvgIpc) is 2.14. The summed E-state index contributed by atoms with van der Waals surface area (Å²) in [6.45, 7) is 3.14. The highest BCUT2D eigenvalue weighted by atomic mass is 16.3. The van der Waals surface area contributed by atoms with Crippen LogP contribution < -0.4 is 5.32 Å². The molecule has 0 rings (SSSR count). The van der Waals surface area contributed by atoms with Crippen LogP contribution in [0.5, 0.6) is 0 Å². The quantitative estimate of drug-likeness (QED) is 0.523. The summed E-state index contributed by atoms with van der Waals surface area (Å²) in [6, 6.07) is -0.562. The Morgan fingerprint density at radius 3 is 2.38 bits per heavy atom. The topological polar surface area (TPSA) is 69.6 Å². The fraction of sp³-hybridized carbons (Fsp3) is 0.667. The molecule has 0 aromatic rings. The van der Waals surface area contributed by atoms with Gasteiger partial charge in [0, 0.05) is 5.57 Å². The van der Waals surface area contributed by atoms with E-state index < -0.39 is 6.04 Å². The van der Waals surface area contributed by atoms with Crippen LogP contribution in [0.25, 0.3) is 0 Å². The van der Waals surface area contributed by atoms with E-state index >= 15 is 0 Å². The predicted molar refractivity (Wildman–Crippen MR) is 50.2 cm³/mol. The highest BCUT2D eigenvalue weighted by Crippen LogP contribution is 1.95. The summed E-state index contributed by atoms with van der Waals surface area (Å²) in [6.07, 6.45) is 2.59. The van der Waals surface area contributed by atoms with Crippen molar-refractivity contribution in [2.24, 2.45) is 0 Å². The molecular formula is C9H17NO3. The maximum atomic E-state index is 11.3. The van der Waals surface area contributed by atoms with Gasteiger partial charge in [0.2, 0.25) is 5.91 Å². The van der Waals surface area contributed by atoms with E-state index in [0.29, 0.717) is 5.57 Å². The summed E-state index contributed by atoms with van der Waals surface area (Å²) >= 11 is 0. The predicted octanol–water partition coefficient (Wildman–Crippen LogP) is -0.188. The van der Waals surface area contributed by atoms with Gasteiger partial charge in [0.25, 0.3) is 0 Å². The number of amides is 1. The molecule has 0 saturated carbocycles. The number of rotatable bonds is 5. The van der Waals surface area contributed by atoms with Crippen molar-refractivity contribution in [2.45, 2.75) is 26.3 Å². The summed E-state index contributed by atoms with van der Waals surface area (Å²) in [4.78, 5) is 11.3. The van der Waals surface area contributed by atoms with Crippen molar-refractivity contribution in [3.05, 3.63) is 11.6 Å². The lowest BCUT2D eigenvalue weighted by molar-refractivity contribution is -0.118. The van der Waals surface area contributed by atoms with Crippen LogP contribution in [0.3, 0.4) is 0 Å². The maximum Gasteiger partial charge on any atom is 0.246 e. The highest BCUT2D eigenvalue weighted by Gasteiger charge is 2.10. The molecule has 0 radical (unpaired) electrons. The molecule has 0 atom stereocenters. The van der Waals surface area contributed by atoms with Gasteiger partial charge in [0.05, 0.1) is 19.3 Å². The molecule has 0 aromatic heterocycles. The van der Waals surface area contributed by atoms with Crippen molar-refractivity contribution in [1.29, 1.82) is 0 Å². The summed E-state index contributed by atoms with van der Waals surface area (Å²) < 4.78 is 0. The standard InChI is InChI=1S/C9H17NO3/c1-3-4-7(2)9(13)10-8(5-11)6-12/h4,8,11-12H,3,5-6H2,1-2H3,(H,10,13). The molecule has 4 heteroatoms. The number of aliphatic hydroxyl groups excluding tert-OH is 2. The van der Waals surface area contributed by atoms with Gasteiger partial charge in [-0.3, -0.25) is 4.79 Å². The van der Waals surface area contributed by atoms with Gasteiger partial charge in [-0.2, -0.15) is 0 Å². The number of aliphatic hydroxyl groups is 2. The van der Waals surface area contributed by atoms with Crippen LogP contribution >= 0.6 is 0 Å². The van der Waals surface area contributed by atoms with E-state index in [-0.39, 0.29) is 19.1 Å². The van der Waals surface area contributed by atoms with E-state index in [4.69, 9.17) is 10.2 Å². The molecule has 0 aliphatic heterocycles. The van der Waals surface area contributed by atoms with Crippen LogP contribution in [-0.4, -0.2) is 35.4 Å². The van der Waals surface area contributed by atoms with Crippen LogP contribution in [0.15, 0.2) is 11.6 Å². The van der Waals surface area contributed by atoms with Gasteiger partial charge in [-0.05, 0) is 13.3 Å². The van der Waals surface area contributed by atoms with Gasteiger partial charge in [0.15, 0.2) is 0 Å². The molecule has 1 amide bonds. The minimum Gasteiger partial charge on any atom is -0.394 e. The molecular weight excluding hydrogens is 170 g/mol. The Hall–Kier alpha value is -0.870. The zero-order valence-electron chi connectivity index (χ0n) is 8.08. The van der Waals surface area contributed by atoms with Crippen LogP contribution in [0.2, 0.25) is 0 Å². The summed E-state index contributed by atoms with van der Waals surface area (Å²) in [5.74, 6) is -0.241. The van der Waals surface area contributed by atoms with Crippen molar-refractivity contribution in [1.82, 2.24) is 5.32 Å². The Morgan fingerprint density at radius 1 is 1.46 bits per heavy atom. The van der Waals surface area contributed by atoms with E-state index in [1.807, 2.05) is 6.92 Å². The van der Waals surface area contributed by atoms with E-state index in [0.717, 1.165) is 6.42 Å². The first kappa shape index (κ1) is 12.1. The van der Waals surface area contributed by atoms with E-state index in [9.17, 15) is 4.79 Å².